The maximum absolute atomic E-state index is 13.8. The van der Waals surface area contributed by atoms with E-state index in [2.05, 4.69) is 15.6 Å². The maximum Gasteiger partial charge on any atom is 0.191 e. The van der Waals surface area contributed by atoms with Gasteiger partial charge in [-0.15, -0.1) is 24.0 Å². The third-order valence-corrected chi connectivity index (χ3v) is 3.63. The van der Waals surface area contributed by atoms with Crippen molar-refractivity contribution < 1.29 is 8.78 Å². The number of nitrogens with one attached hydrogen (secondary N) is 2. The van der Waals surface area contributed by atoms with Gasteiger partial charge in [-0.2, -0.15) is 0 Å². The van der Waals surface area contributed by atoms with E-state index in [0.717, 1.165) is 31.5 Å². The van der Waals surface area contributed by atoms with Crippen LogP contribution in [0.1, 0.15) is 44.7 Å². The molecule has 0 bridgehead atoms. The first kappa shape index (κ1) is 19.1. The number of hydrogen-bond acceptors (Lipinski definition) is 1. The third-order valence-electron chi connectivity index (χ3n) is 3.63. The summed E-state index contributed by atoms with van der Waals surface area (Å²) in [5.41, 5.74) is 0.434. The number of hydrogen-bond donors (Lipinski definition) is 2. The summed E-state index contributed by atoms with van der Waals surface area (Å²) in [5.74, 6) is 0.412. The van der Waals surface area contributed by atoms with Gasteiger partial charge in [0.15, 0.2) is 5.96 Å². The highest BCUT2D eigenvalue weighted by Crippen LogP contribution is 2.32. The molecule has 6 heteroatoms. The molecule has 0 aromatic heterocycles. The zero-order valence-electron chi connectivity index (χ0n) is 13.0. The Balaban J connectivity index is 0.00000242. The number of benzene rings is 1. The zero-order chi connectivity index (χ0) is 15.2. The van der Waals surface area contributed by atoms with Gasteiger partial charge in [-0.1, -0.05) is 18.9 Å². The summed E-state index contributed by atoms with van der Waals surface area (Å²) in [5, 5.41) is 6.32. The number of aliphatic imine (C=N–C) groups is 1. The molecule has 0 aliphatic heterocycles. The highest BCUT2D eigenvalue weighted by Gasteiger charge is 2.20. The van der Waals surface area contributed by atoms with Crippen LogP contribution < -0.4 is 10.6 Å². The second-order valence-electron chi connectivity index (χ2n) is 5.52. The number of halogens is 3. The number of rotatable bonds is 6. The van der Waals surface area contributed by atoms with Gasteiger partial charge >= 0.3 is 0 Å². The average Bonchev–Trinajstić information content (AvgIpc) is 3.22. The summed E-state index contributed by atoms with van der Waals surface area (Å²) in [6, 6.07) is 3.37. The van der Waals surface area contributed by atoms with Gasteiger partial charge in [0.2, 0.25) is 0 Å². The molecule has 0 heterocycles. The van der Waals surface area contributed by atoms with Gasteiger partial charge in [0.25, 0.3) is 0 Å². The van der Waals surface area contributed by atoms with E-state index in [1.165, 1.54) is 25.0 Å². The Morgan fingerprint density at radius 2 is 2.09 bits per heavy atom. The van der Waals surface area contributed by atoms with Crippen molar-refractivity contribution in [3.05, 3.63) is 35.4 Å². The highest BCUT2D eigenvalue weighted by atomic mass is 127. The molecule has 1 aromatic carbocycles. The van der Waals surface area contributed by atoms with Crippen molar-refractivity contribution in [2.75, 3.05) is 13.1 Å². The Bertz CT molecular complexity index is 504. The fourth-order valence-electron chi connectivity index (χ4n) is 2.22. The maximum atomic E-state index is 13.8. The molecule has 1 atom stereocenters. The molecule has 3 nitrogen and oxygen atoms in total. The first-order valence-electron chi connectivity index (χ1n) is 7.60. The number of nitrogens with zero attached hydrogens (tertiary/aromatic N) is 1. The van der Waals surface area contributed by atoms with Gasteiger partial charge in [0.1, 0.15) is 11.6 Å². The SMILES string of the molecule is CCNC(=NCCC1CC1)NC(C)c1ccc(F)cc1F.I. The molecular weight excluding hydrogens is 399 g/mol. The van der Waals surface area contributed by atoms with Crippen LogP contribution in [0.3, 0.4) is 0 Å². The normalized spacial score (nSPS) is 15.9. The first-order chi connectivity index (χ1) is 10.1. The van der Waals surface area contributed by atoms with Crippen LogP contribution in [0.25, 0.3) is 0 Å². The van der Waals surface area contributed by atoms with Gasteiger partial charge in [0, 0.05) is 24.7 Å². The minimum atomic E-state index is -0.562. The van der Waals surface area contributed by atoms with Crippen LogP contribution in [0.4, 0.5) is 8.78 Å². The van der Waals surface area contributed by atoms with Crippen molar-refractivity contribution in [1.82, 2.24) is 10.6 Å². The molecule has 1 aliphatic rings. The monoisotopic (exact) mass is 423 g/mol. The second-order valence-corrected chi connectivity index (χ2v) is 5.52. The lowest BCUT2D eigenvalue weighted by Crippen LogP contribution is -2.39. The van der Waals surface area contributed by atoms with Crippen LogP contribution in [0.15, 0.2) is 23.2 Å². The quantitative estimate of drug-likeness (QED) is 0.412. The van der Waals surface area contributed by atoms with Crippen LogP contribution in [-0.4, -0.2) is 19.0 Å². The summed E-state index contributed by atoms with van der Waals surface area (Å²) in [7, 11) is 0. The van der Waals surface area contributed by atoms with Crippen molar-refractivity contribution in [2.24, 2.45) is 10.9 Å². The summed E-state index contributed by atoms with van der Waals surface area (Å²) in [6.45, 7) is 5.35. The summed E-state index contributed by atoms with van der Waals surface area (Å²) >= 11 is 0. The van der Waals surface area contributed by atoms with E-state index in [0.29, 0.717) is 11.5 Å². The van der Waals surface area contributed by atoms with Gasteiger partial charge < -0.3 is 10.6 Å². The fraction of sp³-hybridized carbons (Fsp3) is 0.562. The molecule has 2 rings (SSSR count). The fourth-order valence-corrected chi connectivity index (χ4v) is 2.22. The zero-order valence-corrected chi connectivity index (χ0v) is 15.4. The topological polar surface area (TPSA) is 36.4 Å². The molecule has 1 aliphatic carbocycles. The van der Waals surface area contributed by atoms with E-state index >= 15 is 0 Å². The lowest BCUT2D eigenvalue weighted by Gasteiger charge is -2.18. The van der Waals surface area contributed by atoms with E-state index in [1.54, 1.807) is 0 Å². The predicted octanol–water partition coefficient (Wildman–Crippen LogP) is 4.00. The molecular formula is C16H24F2IN3. The lowest BCUT2D eigenvalue weighted by molar-refractivity contribution is 0.550. The molecule has 0 saturated heterocycles. The molecule has 0 amide bonds. The molecule has 1 aromatic rings. The molecule has 0 spiro atoms. The molecule has 1 saturated carbocycles. The average molecular weight is 423 g/mol. The van der Waals surface area contributed by atoms with Crippen LogP contribution in [0, 0.1) is 17.6 Å². The summed E-state index contributed by atoms with van der Waals surface area (Å²) in [4.78, 5) is 4.50. The van der Waals surface area contributed by atoms with Gasteiger partial charge in [-0.3, -0.25) is 4.99 Å². The molecule has 1 unspecified atom stereocenters. The summed E-state index contributed by atoms with van der Waals surface area (Å²) in [6.07, 6.45) is 3.74. The minimum Gasteiger partial charge on any atom is -0.357 e. The van der Waals surface area contributed by atoms with Crippen LogP contribution in [0.2, 0.25) is 0 Å². The van der Waals surface area contributed by atoms with Crippen molar-refractivity contribution in [2.45, 2.75) is 39.2 Å². The van der Waals surface area contributed by atoms with E-state index in [9.17, 15) is 8.78 Å². The number of guanidine groups is 1. The van der Waals surface area contributed by atoms with E-state index in [-0.39, 0.29) is 30.0 Å². The van der Waals surface area contributed by atoms with Gasteiger partial charge in [-0.25, -0.2) is 8.78 Å². The van der Waals surface area contributed by atoms with Crippen molar-refractivity contribution in [1.29, 1.82) is 0 Å². The van der Waals surface area contributed by atoms with Crippen LogP contribution >= 0.6 is 24.0 Å². The Morgan fingerprint density at radius 1 is 1.36 bits per heavy atom. The highest BCUT2D eigenvalue weighted by molar-refractivity contribution is 14.0. The van der Waals surface area contributed by atoms with Crippen molar-refractivity contribution >= 4 is 29.9 Å². The first-order valence-corrected chi connectivity index (χ1v) is 7.60. The molecule has 22 heavy (non-hydrogen) atoms. The van der Waals surface area contributed by atoms with Crippen molar-refractivity contribution in [3.63, 3.8) is 0 Å². The molecule has 2 N–H and O–H groups in total. The Kier molecular flexibility index (Phi) is 8.06. The van der Waals surface area contributed by atoms with Gasteiger partial charge in [-0.05, 0) is 32.3 Å². The Hall–Kier alpha value is -0.920. The largest absolute Gasteiger partial charge is 0.357 e. The smallest absolute Gasteiger partial charge is 0.191 e. The van der Waals surface area contributed by atoms with E-state index < -0.39 is 11.6 Å². The van der Waals surface area contributed by atoms with Crippen LogP contribution in [0.5, 0.6) is 0 Å². The Labute approximate surface area is 148 Å². The van der Waals surface area contributed by atoms with Gasteiger partial charge in [0.05, 0.1) is 6.04 Å². The van der Waals surface area contributed by atoms with Crippen molar-refractivity contribution in [3.8, 4) is 0 Å². The summed E-state index contributed by atoms with van der Waals surface area (Å²) < 4.78 is 26.7. The molecule has 0 radical (unpaired) electrons. The molecule has 124 valence electrons. The molecule has 1 fully saturated rings. The minimum absolute atomic E-state index is 0. The standard InChI is InChI=1S/C16H23F2N3.HI/c1-3-19-16(20-9-8-12-4-5-12)21-11(2)14-7-6-13(17)10-15(14)18;/h6-7,10-12H,3-5,8-9H2,1-2H3,(H2,19,20,21);1H. The predicted molar refractivity (Wildman–Crippen MR) is 96.6 cm³/mol. The van der Waals surface area contributed by atoms with E-state index in [1.807, 2.05) is 13.8 Å². The second kappa shape index (κ2) is 9.27. The third kappa shape index (κ3) is 6.06. The Morgan fingerprint density at radius 3 is 2.68 bits per heavy atom. The van der Waals surface area contributed by atoms with E-state index in [4.69, 9.17) is 0 Å². The van der Waals surface area contributed by atoms with Crippen LogP contribution in [-0.2, 0) is 0 Å². The lowest BCUT2D eigenvalue weighted by atomic mass is 10.1.